The van der Waals surface area contributed by atoms with Crippen LogP contribution in [0.1, 0.15) is 49.2 Å². The van der Waals surface area contributed by atoms with Crippen molar-refractivity contribution in [3.8, 4) is 0 Å². The number of nitrogens with one attached hydrogen (secondary N) is 1. The standard InChI is InChI=1S/C20H28N4O3S2/c1-15(2)23(3)29(26,27)18-9-7-8-16(12-18)19(25)22-20-21-17(14-28-20)13-24-10-5-4-6-11-24/h7-9,12,14-15H,4-6,10-11,13H2,1-3H3,(H,21,22,25). The Labute approximate surface area is 176 Å². The predicted octanol–water partition coefficient (Wildman–Crippen LogP) is 3.41. The van der Waals surface area contributed by atoms with Crippen molar-refractivity contribution >= 4 is 32.4 Å². The summed E-state index contributed by atoms with van der Waals surface area (Å²) in [6.45, 7) is 6.58. The van der Waals surface area contributed by atoms with E-state index in [1.165, 1.54) is 54.1 Å². The van der Waals surface area contributed by atoms with Crippen LogP contribution >= 0.6 is 11.3 Å². The predicted molar refractivity (Wildman–Crippen MR) is 116 cm³/mol. The highest BCUT2D eigenvalue weighted by molar-refractivity contribution is 7.89. The van der Waals surface area contributed by atoms with Gasteiger partial charge in [0.1, 0.15) is 0 Å². The molecule has 1 fully saturated rings. The van der Waals surface area contributed by atoms with Crippen molar-refractivity contribution < 1.29 is 13.2 Å². The van der Waals surface area contributed by atoms with Gasteiger partial charge in [0.2, 0.25) is 10.0 Å². The summed E-state index contributed by atoms with van der Waals surface area (Å²) < 4.78 is 26.6. The average Bonchev–Trinajstić information content (AvgIpc) is 3.14. The number of nitrogens with zero attached hydrogens (tertiary/aromatic N) is 3. The van der Waals surface area contributed by atoms with Crippen molar-refractivity contribution in [1.29, 1.82) is 0 Å². The van der Waals surface area contributed by atoms with Crippen LogP contribution in [0.5, 0.6) is 0 Å². The normalized spacial score (nSPS) is 15.8. The molecule has 1 N–H and O–H groups in total. The Morgan fingerprint density at radius 3 is 2.69 bits per heavy atom. The number of amides is 1. The van der Waals surface area contributed by atoms with Crippen LogP contribution in [0.25, 0.3) is 0 Å². The van der Waals surface area contributed by atoms with Crippen molar-refractivity contribution in [2.75, 3.05) is 25.5 Å². The number of rotatable bonds is 7. The van der Waals surface area contributed by atoms with Gasteiger partial charge < -0.3 is 0 Å². The third kappa shape index (κ3) is 5.42. The molecule has 1 saturated heterocycles. The lowest BCUT2D eigenvalue weighted by atomic mass is 10.1. The molecular weight excluding hydrogens is 408 g/mol. The summed E-state index contributed by atoms with van der Waals surface area (Å²) in [4.78, 5) is 19.6. The first-order valence-corrected chi connectivity index (χ1v) is 12.2. The van der Waals surface area contributed by atoms with Crippen LogP contribution < -0.4 is 5.32 Å². The van der Waals surface area contributed by atoms with Crippen LogP contribution in [0, 0.1) is 0 Å². The molecule has 0 spiro atoms. The van der Waals surface area contributed by atoms with Gasteiger partial charge in [0.05, 0.1) is 10.6 Å². The van der Waals surface area contributed by atoms with Gasteiger partial charge in [-0.15, -0.1) is 11.3 Å². The number of carbonyl (C=O) groups is 1. The zero-order valence-electron chi connectivity index (χ0n) is 17.1. The molecular formula is C20H28N4O3S2. The Kier molecular flexibility index (Phi) is 7.05. The number of likely N-dealkylation sites (tertiary alicyclic amines) is 1. The lowest BCUT2D eigenvalue weighted by Gasteiger charge is -2.25. The highest BCUT2D eigenvalue weighted by Gasteiger charge is 2.24. The summed E-state index contributed by atoms with van der Waals surface area (Å²) in [6, 6.07) is 5.92. The fourth-order valence-electron chi connectivity index (χ4n) is 3.19. The van der Waals surface area contributed by atoms with Gasteiger partial charge in [-0.3, -0.25) is 15.0 Å². The molecule has 0 radical (unpaired) electrons. The number of hydrogen-bond acceptors (Lipinski definition) is 6. The first-order chi connectivity index (χ1) is 13.8. The number of sulfonamides is 1. The first-order valence-electron chi connectivity index (χ1n) is 9.83. The van der Waals surface area contributed by atoms with Crippen LogP contribution in [0.4, 0.5) is 5.13 Å². The fourth-order valence-corrected chi connectivity index (χ4v) is 5.31. The quantitative estimate of drug-likeness (QED) is 0.719. The molecule has 3 rings (SSSR count). The second-order valence-electron chi connectivity index (χ2n) is 7.58. The Morgan fingerprint density at radius 2 is 2.00 bits per heavy atom. The highest BCUT2D eigenvalue weighted by Crippen LogP contribution is 2.21. The zero-order chi connectivity index (χ0) is 21.0. The van der Waals surface area contributed by atoms with Gasteiger partial charge in [0.25, 0.3) is 5.91 Å². The number of thiazole rings is 1. The first kappa shape index (κ1) is 21.9. The van der Waals surface area contributed by atoms with Crippen LogP contribution in [0.2, 0.25) is 0 Å². The minimum Gasteiger partial charge on any atom is -0.298 e. The van der Waals surface area contributed by atoms with Gasteiger partial charge in [0.15, 0.2) is 5.13 Å². The molecule has 0 aliphatic carbocycles. The molecule has 0 saturated carbocycles. The second-order valence-corrected chi connectivity index (χ2v) is 10.4. The van der Waals surface area contributed by atoms with Crippen LogP contribution in [0.3, 0.4) is 0 Å². The molecule has 1 aromatic carbocycles. The molecule has 9 heteroatoms. The third-order valence-corrected chi connectivity index (χ3v) is 7.94. The van der Waals surface area contributed by atoms with Crippen LogP contribution in [-0.4, -0.2) is 54.7 Å². The van der Waals surface area contributed by atoms with Crippen LogP contribution in [0.15, 0.2) is 34.5 Å². The van der Waals surface area contributed by atoms with Crippen molar-refractivity contribution in [2.24, 2.45) is 0 Å². The molecule has 1 aromatic heterocycles. The smallest absolute Gasteiger partial charge is 0.257 e. The van der Waals surface area contributed by atoms with Crippen molar-refractivity contribution in [2.45, 2.75) is 50.6 Å². The maximum absolute atomic E-state index is 12.7. The average molecular weight is 437 g/mol. The maximum Gasteiger partial charge on any atom is 0.257 e. The minimum absolute atomic E-state index is 0.103. The molecule has 1 aliphatic rings. The molecule has 1 amide bonds. The molecule has 2 heterocycles. The zero-order valence-corrected chi connectivity index (χ0v) is 18.7. The summed E-state index contributed by atoms with van der Waals surface area (Å²) in [5, 5.41) is 5.27. The number of piperidine rings is 1. The van der Waals surface area contributed by atoms with Crippen LogP contribution in [-0.2, 0) is 16.6 Å². The topological polar surface area (TPSA) is 82.6 Å². The van der Waals surface area contributed by atoms with Crippen molar-refractivity contribution in [1.82, 2.24) is 14.2 Å². The molecule has 0 unspecified atom stereocenters. The van der Waals surface area contributed by atoms with E-state index in [0.717, 1.165) is 25.3 Å². The second kappa shape index (κ2) is 9.34. The fraction of sp³-hybridized carbons (Fsp3) is 0.500. The van der Waals surface area contributed by atoms with E-state index in [9.17, 15) is 13.2 Å². The summed E-state index contributed by atoms with van der Waals surface area (Å²) in [7, 11) is -2.11. The Bertz CT molecular complexity index is 950. The van der Waals surface area contributed by atoms with Gasteiger partial charge in [-0.2, -0.15) is 4.31 Å². The van der Waals surface area contributed by atoms with Crippen molar-refractivity contribution in [3.63, 3.8) is 0 Å². The monoisotopic (exact) mass is 436 g/mol. The Hall–Kier alpha value is -1.81. The maximum atomic E-state index is 12.7. The molecule has 0 atom stereocenters. The highest BCUT2D eigenvalue weighted by atomic mass is 32.2. The number of aromatic nitrogens is 1. The van der Waals surface area contributed by atoms with Gasteiger partial charge in [-0.05, 0) is 58.0 Å². The summed E-state index contributed by atoms with van der Waals surface area (Å²) in [6.07, 6.45) is 3.73. The summed E-state index contributed by atoms with van der Waals surface area (Å²) in [5.74, 6) is -0.367. The van der Waals surface area contributed by atoms with E-state index in [4.69, 9.17) is 0 Å². The SMILES string of the molecule is CC(C)N(C)S(=O)(=O)c1cccc(C(=O)Nc2nc(CN3CCCCC3)cs2)c1. The molecule has 0 bridgehead atoms. The van der Waals surface area contributed by atoms with Gasteiger partial charge in [0, 0.05) is 30.6 Å². The third-order valence-electron chi connectivity index (χ3n) is 5.11. The molecule has 158 valence electrons. The van der Waals surface area contributed by atoms with Crippen molar-refractivity contribution in [3.05, 3.63) is 40.9 Å². The molecule has 7 nitrogen and oxygen atoms in total. The Balaban J connectivity index is 1.68. The number of benzene rings is 1. The molecule has 29 heavy (non-hydrogen) atoms. The molecule has 2 aromatic rings. The summed E-state index contributed by atoms with van der Waals surface area (Å²) >= 11 is 1.38. The van der Waals surface area contributed by atoms with Gasteiger partial charge in [-0.1, -0.05) is 12.5 Å². The number of carbonyl (C=O) groups excluding carboxylic acids is 1. The largest absolute Gasteiger partial charge is 0.298 e. The molecule has 1 aliphatic heterocycles. The summed E-state index contributed by atoms with van der Waals surface area (Å²) in [5.41, 5.74) is 1.23. The van der Waals surface area contributed by atoms with E-state index < -0.39 is 10.0 Å². The van der Waals surface area contributed by atoms with E-state index in [2.05, 4.69) is 15.2 Å². The lowest BCUT2D eigenvalue weighted by Crippen LogP contribution is -2.33. The van der Waals surface area contributed by atoms with Gasteiger partial charge in [-0.25, -0.2) is 13.4 Å². The van der Waals surface area contributed by atoms with E-state index in [1.54, 1.807) is 26.0 Å². The Morgan fingerprint density at radius 1 is 1.28 bits per heavy atom. The van der Waals surface area contributed by atoms with E-state index >= 15 is 0 Å². The van der Waals surface area contributed by atoms with E-state index in [1.807, 2.05) is 5.38 Å². The lowest BCUT2D eigenvalue weighted by molar-refractivity contribution is 0.102. The van der Waals surface area contributed by atoms with Gasteiger partial charge >= 0.3 is 0 Å². The number of anilines is 1. The van der Waals surface area contributed by atoms with E-state index in [-0.39, 0.29) is 22.4 Å². The number of hydrogen-bond donors (Lipinski definition) is 1. The van der Waals surface area contributed by atoms with E-state index in [0.29, 0.717) is 5.13 Å². The minimum atomic E-state index is -3.64.